The monoisotopic (exact) mass is 396 g/mol. The summed E-state index contributed by atoms with van der Waals surface area (Å²) in [4.78, 5) is 0. The molecule has 0 amide bonds. The molecule has 0 saturated carbocycles. The van der Waals surface area contributed by atoms with Crippen molar-refractivity contribution >= 4 is 5.82 Å². The molecule has 2 heterocycles. The SMILES string of the molecule is CCCc1ccn(C2=[C-]C(C)(C)N=N2)n1.[Ir]. The number of hydrogen-bond acceptors (Lipinski definition) is 3. The molecule has 0 fully saturated rings. The Balaban J connectivity index is 0.00000128. The minimum absolute atomic E-state index is 0. The maximum atomic E-state index is 4.41. The van der Waals surface area contributed by atoms with E-state index >= 15 is 0 Å². The third kappa shape index (κ3) is 2.86. The molecule has 0 bridgehead atoms. The second kappa shape index (κ2) is 5.02. The number of aryl methyl sites for hydroxylation is 1. The molecular weight excluding hydrogens is 380 g/mol. The molecule has 0 N–H and O–H groups in total. The van der Waals surface area contributed by atoms with Crippen LogP contribution in [0.4, 0.5) is 0 Å². The quantitative estimate of drug-likeness (QED) is 0.726. The largest absolute Gasteiger partial charge is 0.417 e. The van der Waals surface area contributed by atoms with Gasteiger partial charge in [0.15, 0.2) is 0 Å². The van der Waals surface area contributed by atoms with E-state index < -0.39 is 0 Å². The van der Waals surface area contributed by atoms with Crippen LogP contribution in [0.5, 0.6) is 0 Å². The number of aromatic nitrogens is 2. The fourth-order valence-corrected chi connectivity index (χ4v) is 1.47. The smallest absolute Gasteiger partial charge is 0.0628 e. The molecule has 1 radical (unpaired) electrons. The molecule has 0 unspecified atom stereocenters. The minimum Gasteiger partial charge on any atom is -0.417 e. The van der Waals surface area contributed by atoms with Gasteiger partial charge in [-0.25, -0.2) is 5.11 Å². The molecule has 5 heteroatoms. The molecule has 16 heavy (non-hydrogen) atoms. The number of rotatable bonds is 3. The Kier molecular flexibility index (Phi) is 4.16. The predicted octanol–water partition coefficient (Wildman–Crippen LogP) is 2.68. The van der Waals surface area contributed by atoms with Crippen LogP contribution in [0.2, 0.25) is 0 Å². The first-order chi connectivity index (χ1) is 7.11. The fraction of sp³-hybridized carbons (Fsp3) is 0.545. The molecule has 1 aromatic rings. The van der Waals surface area contributed by atoms with Gasteiger partial charge in [-0.3, -0.25) is 4.68 Å². The van der Waals surface area contributed by atoms with Crippen LogP contribution in [0, 0.1) is 6.08 Å². The minimum atomic E-state index is -0.313. The van der Waals surface area contributed by atoms with Gasteiger partial charge in [-0.2, -0.15) is 10.2 Å². The molecule has 0 aliphatic carbocycles. The normalized spacial score (nSPS) is 17.1. The van der Waals surface area contributed by atoms with Gasteiger partial charge in [0, 0.05) is 26.3 Å². The zero-order valence-corrected chi connectivity index (χ0v) is 12.1. The van der Waals surface area contributed by atoms with Crippen LogP contribution in [-0.2, 0) is 26.5 Å². The van der Waals surface area contributed by atoms with E-state index in [1.54, 1.807) is 4.68 Å². The summed E-state index contributed by atoms with van der Waals surface area (Å²) < 4.78 is 1.74. The molecule has 0 saturated heterocycles. The van der Waals surface area contributed by atoms with Crippen molar-refractivity contribution in [2.75, 3.05) is 0 Å². The predicted molar refractivity (Wildman–Crippen MR) is 58.1 cm³/mol. The van der Waals surface area contributed by atoms with E-state index in [0.29, 0.717) is 5.82 Å². The van der Waals surface area contributed by atoms with Gasteiger partial charge in [-0.05, 0) is 23.8 Å². The molecule has 4 nitrogen and oxygen atoms in total. The summed E-state index contributed by atoms with van der Waals surface area (Å²) in [6, 6.07) is 2.01. The average Bonchev–Trinajstić information content (AvgIpc) is 2.73. The Morgan fingerprint density at radius 3 is 2.75 bits per heavy atom. The Morgan fingerprint density at radius 2 is 2.19 bits per heavy atom. The zero-order chi connectivity index (χ0) is 10.9. The summed E-state index contributed by atoms with van der Waals surface area (Å²) in [6.45, 7) is 6.09. The van der Waals surface area contributed by atoms with Crippen LogP contribution in [0.25, 0.3) is 5.82 Å². The van der Waals surface area contributed by atoms with Gasteiger partial charge in [-0.15, -0.1) is 0 Å². The first-order valence-electron chi connectivity index (χ1n) is 5.24. The Bertz CT molecular complexity index is 417. The van der Waals surface area contributed by atoms with E-state index in [2.05, 4.69) is 28.3 Å². The Hall–Kier alpha value is -0.801. The van der Waals surface area contributed by atoms with Crippen molar-refractivity contribution in [3.8, 4) is 0 Å². The molecule has 1 aliphatic heterocycles. The topological polar surface area (TPSA) is 42.5 Å². The molecule has 0 atom stereocenters. The molecule has 2 rings (SSSR count). The maximum absolute atomic E-state index is 4.41. The molecule has 1 aliphatic rings. The van der Waals surface area contributed by atoms with Crippen molar-refractivity contribution in [2.24, 2.45) is 10.2 Å². The van der Waals surface area contributed by atoms with E-state index in [4.69, 9.17) is 0 Å². The summed E-state index contributed by atoms with van der Waals surface area (Å²) in [6.07, 6.45) is 7.20. The second-order valence-electron chi connectivity index (χ2n) is 4.21. The summed E-state index contributed by atoms with van der Waals surface area (Å²) in [5, 5.41) is 12.6. The van der Waals surface area contributed by atoms with E-state index in [9.17, 15) is 0 Å². The van der Waals surface area contributed by atoms with Gasteiger partial charge in [0.2, 0.25) is 0 Å². The van der Waals surface area contributed by atoms with E-state index in [0.717, 1.165) is 18.5 Å². The van der Waals surface area contributed by atoms with Crippen LogP contribution in [0.1, 0.15) is 32.9 Å². The second-order valence-corrected chi connectivity index (χ2v) is 4.21. The van der Waals surface area contributed by atoms with Crippen LogP contribution < -0.4 is 0 Å². The van der Waals surface area contributed by atoms with Crippen molar-refractivity contribution in [1.82, 2.24) is 9.78 Å². The molecular formula is C11H15IrN4-. The van der Waals surface area contributed by atoms with Crippen molar-refractivity contribution in [1.29, 1.82) is 0 Å². The summed E-state index contributed by atoms with van der Waals surface area (Å²) >= 11 is 0. The van der Waals surface area contributed by atoms with Gasteiger partial charge in [-0.1, -0.05) is 27.2 Å². The molecule has 89 valence electrons. The summed E-state index contributed by atoms with van der Waals surface area (Å²) in [7, 11) is 0. The van der Waals surface area contributed by atoms with Gasteiger partial charge < -0.3 is 6.08 Å². The third-order valence-corrected chi connectivity index (χ3v) is 2.18. The Labute approximate surface area is 109 Å². The molecule has 1 aromatic heterocycles. The average molecular weight is 395 g/mol. The number of nitrogens with zero attached hydrogens (tertiary/aromatic N) is 4. The van der Waals surface area contributed by atoms with Crippen LogP contribution in [-0.4, -0.2) is 15.3 Å². The summed E-state index contributed by atoms with van der Waals surface area (Å²) in [5.41, 5.74) is 0.776. The number of hydrogen-bond donors (Lipinski definition) is 0. The van der Waals surface area contributed by atoms with Gasteiger partial charge >= 0.3 is 0 Å². The van der Waals surface area contributed by atoms with Crippen LogP contribution in [0.3, 0.4) is 0 Å². The van der Waals surface area contributed by atoms with Crippen molar-refractivity contribution in [3.05, 3.63) is 24.0 Å². The standard InChI is InChI=1S/C11H15N4.Ir/c1-4-5-9-6-7-15(13-9)10-8-11(2,3)14-12-10;/h6-7H,4-5H2,1-3H3;/q-1;. The molecule has 0 aromatic carbocycles. The first-order valence-corrected chi connectivity index (χ1v) is 5.24. The molecule has 0 spiro atoms. The van der Waals surface area contributed by atoms with Crippen molar-refractivity contribution < 1.29 is 20.1 Å². The van der Waals surface area contributed by atoms with E-state index in [1.165, 1.54) is 0 Å². The Morgan fingerprint density at radius 1 is 1.44 bits per heavy atom. The first kappa shape index (κ1) is 13.3. The van der Waals surface area contributed by atoms with E-state index in [1.807, 2.05) is 26.1 Å². The van der Waals surface area contributed by atoms with Crippen LogP contribution in [0.15, 0.2) is 22.5 Å². The van der Waals surface area contributed by atoms with Crippen LogP contribution >= 0.6 is 0 Å². The van der Waals surface area contributed by atoms with Crippen molar-refractivity contribution in [3.63, 3.8) is 0 Å². The van der Waals surface area contributed by atoms with E-state index in [-0.39, 0.29) is 25.6 Å². The van der Waals surface area contributed by atoms with Gasteiger partial charge in [0.1, 0.15) is 0 Å². The number of azo groups is 1. The maximum Gasteiger partial charge on any atom is 0.0628 e. The van der Waals surface area contributed by atoms with Gasteiger partial charge in [0.25, 0.3) is 0 Å². The zero-order valence-electron chi connectivity index (χ0n) is 9.69. The third-order valence-electron chi connectivity index (χ3n) is 2.18. The van der Waals surface area contributed by atoms with Gasteiger partial charge in [0.05, 0.1) is 5.69 Å². The fourth-order valence-electron chi connectivity index (χ4n) is 1.47. The summed E-state index contributed by atoms with van der Waals surface area (Å²) in [5.74, 6) is 0.697. The van der Waals surface area contributed by atoms with Crippen molar-refractivity contribution in [2.45, 2.75) is 39.2 Å².